The highest BCUT2D eigenvalue weighted by Crippen LogP contribution is 2.35. The Morgan fingerprint density at radius 3 is 2.54 bits per heavy atom. The van der Waals surface area contributed by atoms with Gasteiger partial charge in [-0.15, -0.1) is 0 Å². The zero-order chi connectivity index (χ0) is 18.1. The molecule has 0 saturated heterocycles. The molecule has 1 heterocycles. The number of aromatic nitrogens is 2. The fourth-order valence-corrected chi connectivity index (χ4v) is 2.67. The summed E-state index contributed by atoms with van der Waals surface area (Å²) >= 11 is 0. The first-order valence-electron chi connectivity index (χ1n) is 7.83. The molecule has 0 amide bonds. The SMILES string of the molecule is CCCC(O)c1cc2c(=O)n(NCC)c(=O)[nH]c2cc1C(C)(F)F. The summed E-state index contributed by atoms with van der Waals surface area (Å²) in [5.41, 5.74) is 0.848. The van der Waals surface area contributed by atoms with Crippen molar-refractivity contribution in [2.24, 2.45) is 0 Å². The maximum absolute atomic E-state index is 13.9. The maximum atomic E-state index is 13.9. The predicted octanol–water partition coefficient (Wildman–Crippen LogP) is 2.20. The Morgan fingerprint density at radius 2 is 2.00 bits per heavy atom. The van der Waals surface area contributed by atoms with Crippen molar-refractivity contribution < 1.29 is 13.9 Å². The molecule has 0 radical (unpaired) electrons. The number of rotatable bonds is 6. The zero-order valence-corrected chi connectivity index (χ0v) is 13.8. The lowest BCUT2D eigenvalue weighted by Crippen LogP contribution is -2.41. The van der Waals surface area contributed by atoms with Gasteiger partial charge in [-0.1, -0.05) is 13.3 Å². The minimum atomic E-state index is -3.22. The van der Waals surface area contributed by atoms with Gasteiger partial charge in [0, 0.05) is 19.0 Å². The molecule has 3 N–H and O–H groups in total. The molecule has 2 aromatic rings. The van der Waals surface area contributed by atoms with Gasteiger partial charge < -0.3 is 15.5 Å². The molecule has 132 valence electrons. The monoisotopic (exact) mass is 341 g/mol. The molecular weight excluding hydrogens is 320 g/mol. The third-order valence-corrected chi connectivity index (χ3v) is 3.78. The largest absolute Gasteiger partial charge is 0.388 e. The first-order valence-corrected chi connectivity index (χ1v) is 7.83. The van der Waals surface area contributed by atoms with Crippen LogP contribution in [0, 0.1) is 0 Å². The third kappa shape index (κ3) is 3.33. The molecule has 0 aliphatic heterocycles. The second kappa shape index (κ2) is 6.72. The van der Waals surface area contributed by atoms with Crippen molar-refractivity contribution in [2.45, 2.75) is 45.6 Å². The predicted molar refractivity (Wildman–Crippen MR) is 88.2 cm³/mol. The van der Waals surface area contributed by atoms with Gasteiger partial charge in [0.1, 0.15) is 0 Å². The molecule has 0 saturated carbocycles. The van der Waals surface area contributed by atoms with Crippen LogP contribution in [0.15, 0.2) is 21.7 Å². The molecule has 1 aromatic carbocycles. The molecular formula is C16H21F2N3O3. The van der Waals surface area contributed by atoms with Gasteiger partial charge in [-0.3, -0.25) is 4.79 Å². The number of hydrogen-bond acceptors (Lipinski definition) is 4. The number of aliphatic hydroxyl groups is 1. The standard InChI is InChI=1S/C16H21F2N3O3/c1-4-6-13(22)9-7-10-12(8-11(9)16(3,17)18)20-15(24)21(14(10)23)19-5-2/h7-8,13,19,22H,4-6H2,1-3H3,(H,20,24). The summed E-state index contributed by atoms with van der Waals surface area (Å²) in [5.74, 6) is -3.22. The quantitative estimate of drug-likeness (QED) is 0.752. The van der Waals surface area contributed by atoms with Crippen LogP contribution in [-0.4, -0.2) is 21.3 Å². The molecule has 24 heavy (non-hydrogen) atoms. The van der Waals surface area contributed by atoms with E-state index in [0.717, 1.165) is 10.7 Å². The topological polar surface area (TPSA) is 87.1 Å². The number of benzene rings is 1. The van der Waals surface area contributed by atoms with Crippen LogP contribution in [0.4, 0.5) is 8.78 Å². The van der Waals surface area contributed by atoms with Gasteiger partial charge >= 0.3 is 5.69 Å². The average molecular weight is 341 g/mol. The number of halogens is 2. The number of aliphatic hydroxyl groups excluding tert-OH is 1. The Bertz CT molecular complexity index is 852. The lowest BCUT2D eigenvalue weighted by Gasteiger charge is -2.20. The summed E-state index contributed by atoms with van der Waals surface area (Å²) < 4.78 is 28.7. The highest BCUT2D eigenvalue weighted by atomic mass is 19.3. The number of aromatic amines is 1. The highest BCUT2D eigenvalue weighted by molar-refractivity contribution is 5.79. The van der Waals surface area contributed by atoms with Crippen molar-refractivity contribution in [1.82, 2.24) is 9.66 Å². The molecule has 1 aromatic heterocycles. The normalized spacial score (nSPS) is 13.2. The Hall–Kier alpha value is -2.22. The van der Waals surface area contributed by atoms with E-state index in [0.29, 0.717) is 26.3 Å². The smallest absolute Gasteiger partial charge is 0.347 e. The van der Waals surface area contributed by atoms with Crippen LogP contribution in [0.5, 0.6) is 0 Å². The Kier molecular flexibility index (Phi) is 5.08. The van der Waals surface area contributed by atoms with Crippen molar-refractivity contribution in [3.63, 3.8) is 0 Å². The van der Waals surface area contributed by atoms with E-state index in [1.165, 1.54) is 6.07 Å². The molecule has 2 rings (SSSR count). The Morgan fingerprint density at radius 1 is 1.33 bits per heavy atom. The van der Waals surface area contributed by atoms with E-state index in [1.54, 1.807) is 6.92 Å². The number of H-pyrrole nitrogens is 1. The van der Waals surface area contributed by atoms with E-state index in [-0.39, 0.29) is 16.5 Å². The van der Waals surface area contributed by atoms with Crippen molar-refractivity contribution >= 4 is 10.9 Å². The zero-order valence-electron chi connectivity index (χ0n) is 13.8. The summed E-state index contributed by atoms with van der Waals surface area (Å²) in [7, 11) is 0. The summed E-state index contributed by atoms with van der Waals surface area (Å²) in [6.45, 7) is 4.59. The van der Waals surface area contributed by atoms with E-state index < -0.39 is 28.8 Å². The van der Waals surface area contributed by atoms with Crippen molar-refractivity contribution in [3.8, 4) is 0 Å². The van der Waals surface area contributed by atoms with Crippen LogP contribution in [0.1, 0.15) is 50.8 Å². The first-order chi connectivity index (χ1) is 11.2. The fourth-order valence-electron chi connectivity index (χ4n) is 2.67. The Labute approximate surface area is 137 Å². The van der Waals surface area contributed by atoms with Crippen LogP contribution < -0.4 is 16.7 Å². The third-order valence-electron chi connectivity index (χ3n) is 3.78. The molecule has 1 atom stereocenters. The molecule has 0 bridgehead atoms. The van der Waals surface area contributed by atoms with E-state index in [9.17, 15) is 23.5 Å². The van der Waals surface area contributed by atoms with Crippen LogP contribution in [-0.2, 0) is 5.92 Å². The second-order valence-corrected chi connectivity index (χ2v) is 5.76. The number of nitrogens with zero attached hydrogens (tertiary/aromatic N) is 1. The average Bonchev–Trinajstić information content (AvgIpc) is 2.49. The minimum Gasteiger partial charge on any atom is -0.388 e. The number of hydrogen-bond donors (Lipinski definition) is 3. The number of alkyl halides is 2. The fraction of sp³-hybridized carbons (Fsp3) is 0.500. The molecule has 1 unspecified atom stereocenters. The van der Waals surface area contributed by atoms with Crippen LogP contribution in [0.3, 0.4) is 0 Å². The number of fused-ring (bicyclic) bond motifs is 1. The van der Waals surface area contributed by atoms with Crippen molar-refractivity contribution in [2.75, 3.05) is 12.0 Å². The van der Waals surface area contributed by atoms with Crippen molar-refractivity contribution in [1.29, 1.82) is 0 Å². The highest BCUT2D eigenvalue weighted by Gasteiger charge is 2.31. The molecule has 0 fully saturated rings. The molecule has 6 nitrogen and oxygen atoms in total. The van der Waals surface area contributed by atoms with Gasteiger partial charge in [0.15, 0.2) is 0 Å². The van der Waals surface area contributed by atoms with Gasteiger partial charge in [0.25, 0.3) is 11.5 Å². The van der Waals surface area contributed by atoms with Gasteiger partial charge in [0.05, 0.1) is 17.0 Å². The van der Waals surface area contributed by atoms with E-state index >= 15 is 0 Å². The molecule has 8 heteroatoms. The minimum absolute atomic E-state index is 0.00375. The van der Waals surface area contributed by atoms with Gasteiger partial charge in [-0.2, -0.15) is 4.68 Å². The molecule has 0 aliphatic rings. The summed E-state index contributed by atoms with van der Waals surface area (Å²) in [5, 5.41) is 10.3. The van der Waals surface area contributed by atoms with Gasteiger partial charge in [0.2, 0.25) is 0 Å². The second-order valence-electron chi connectivity index (χ2n) is 5.76. The van der Waals surface area contributed by atoms with Crippen molar-refractivity contribution in [3.05, 3.63) is 44.1 Å². The van der Waals surface area contributed by atoms with E-state index in [1.807, 2.05) is 6.92 Å². The lowest BCUT2D eigenvalue weighted by molar-refractivity contribution is 0.0135. The maximum Gasteiger partial charge on any atom is 0.347 e. The van der Waals surface area contributed by atoms with E-state index in [2.05, 4.69) is 10.4 Å². The lowest BCUT2D eigenvalue weighted by atomic mass is 9.94. The Balaban J connectivity index is 2.83. The summed E-state index contributed by atoms with van der Waals surface area (Å²) in [6.07, 6.45) is -0.223. The summed E-state index contributed by atoms with van der Waals surface area (Å²) in [6, 6.07) is 2.32. The van der Waals surface area contributed by atoms with Crippen LogP contribution >= 0.6 is 0 Å². The molecule has 0 spiro atoms. The van der Waals surface area contributed by atoms with E-state index in [4.69, 9.17) is 0 Å². The van der Waals surface area contributed by atoms with Crippen LogP contribution in [0.25, 0.3) is 10.9 Å². The van der Waals surface area contributed by atoms with Crippen LogP contribution in [0.2, 0.25) is 0 Å². The number of nitrogens with one attached hydrogen (secondary N) is 2. The van der Waals surface area contributed by atoms with Gasteiger partial charge in [-0.25, -0.2) is 13.6 Å². The van der Waals surface area contributed by atoms with Gasteiger partial charge in [-0.05, 0) is 31.0 Å². The molecule has 0 aliphatic carbocycles. The summed E-state index contributed by atoms with van der Waals surface area (Å²) in [4.78, 5) is 26.8. The first kappa shape index (κ1) is 18.1.